The van der Waals surface area contributed by atoms with Gasteiger partial charge in [0.1, 0.15) is 6.07 Å². The van der Waals surface area contributed by atoms with Gasteiger partial charge in [0.05, 0.1) is 22.6 Å². The molecule has 1 aliphatic rings. The summed E-state index contributed by atoms with van der Waals surface area (Å²) in [5.74, 6) is 1.99. The Bertz CT molecular complexity index is 535. The van der Waals surface area contributed by atoms with Gasteiger partial charge in [-0.05, 0) is 12.1 Å². The molecule has 1 aromatic carbocycles. The van der Waals surface area contributed by atoms with Crippen LogP contribution < -0.4 is 16.0 Å². The smallest absolute Gasteiger partial charge is 0.409 e. The highest BCUT2D eigenvalue weighted by Gasteiger charge is 2.17. The first-order valence-electron chi connectivity index (χ1n) is 5.78. The second-order valence-corrected chi connectivity index (χ2v) is 5.32. The molecule has 1 fully saturated rings. The Morgan fingerprint density at radius 3 is 2.74 bits per heavy atom. The fourth-order valence-electron chi connectivity index (χ4n) is 1.98. The van der Waals surface area contributed by atoms with Gasteiger partial charge < -0.3 is 15.7 Å². The third-order valence-electron chi connectivity index (χ3n) is 2.88. The summed E-state index contributed by atoms with van der Waals surface area (Å²) >= 11 is 1.87. The Balaban J connectivity index is 2.39. The maximum Gasteiger partial charge on any atom is 0.409 e. The summed E-state index contributed by atoms with van der Waals surface area (Å²) < 4.78 is 0. The first kappa shape index (κ1) is 13.4. The highest BCUT2D eigenvalue weighted by molar-refractivity contribution is 7.99. The van der Waals surface area contributed by atoms with E-state index >= 15 is 0 Å². The van der Waals surface area contributed by atoms with Crippen LogP contribution in [0.3, 0.4) is 0 Å². The van der Waals surface area contributed by atoms with Crippen LogP contribution in [0.25, 0.3) is 0 Å². The third-order valence-corrected chi connectivity index (χ3v) is 3.82. The van der Waals surface area contributed by atoms with Crippen molar-refractivity contribution in [3.8, 4) is 6.07 Å². The largest absolute Gasteiger partial charge is 0.465 e. The van der Waals surface area contributed by atoms with Crippen molar-refractivity contribution in [2.75, 3.05) is 40.5 Å². The fourth-order valence-corrected chi connectivity index (χ4v) is 2.89. The van der Waals surface area contributed by atoms with E-state index in [-0.39, 0.29) is 5.69 Å². The van der Waals surface area contributed by atoms with Crippen LogP contribution in [0.2, 0.25) is 0 Å². The molecule has 0 aliphatic carbocycles. The first-order chi connectivity index (χ1) is 9.11. The van der Waals surface area contributed by atoms with Gasteiger partial charge in [0.25, 0.3) is 0 Å². The number of nitrogen functional groups attached to an aromatic ring is 1. The molecule has 1 amide bonds. The molecule has 19 heavy (non-hydrogen) atoms. The molecule has 4 N–H and O–H groups in total. The standard InChI is InChI=1S/C12H14N4O2S/c13-7-8-5-9(14)10(15-12(17)18)6-11(8)16-1-3-19-4-2-16/h5-6,15H,1-4,14H2,(H,17,18). The number of nitrogens with two attached hydrogens (primary N) is 1. The van der Waals surface area contributed by atoms with Gasteiger partial charge in [-0.1, -0.05) is 0 Å². The minimum absolute atomic E-state index is 0.258. The highest BCUT2D eigenvalue weighted by atomic mass is 32.2. The van der Waals surface area contributed by atoms with Gasteiger partial charge in [-0.3, -0.25) is 5.32 Å². The normalized spacial score (nSPS) is 14.8. The van der Waals surface area contributed by atoms with E-state index in [2.05, 4.69) is 16.3 Å². The number of nitriles is 1. The number of thioether (sulfide) groups is 1. The molecule has 6 nitrogen and oxygen atoms in total. The molecule has 0 unspecified atom stereocenters. The molecular weight excluding hydrogens is 264 g/mol. The van der Waals surface area contributed by atoms with Gasteiger partial charge >= 0.3 is 6.09 Å². The summed E-state index contributed by atoms with van der Waals surface area (Å²) in [7, 11) is 0. The second-order valence-electron chi connectivity index (χ2n) is 4.10. The highest BCUT2D eigenvalue weighted by Crippen LogP contribution is 2.31. The number of nitrogens with one attached hydrogen (secondary N) is 1. The van der Waals surface area contributed by atoms with Crippen LogP contribution in [0.4, 0.5) is 21.9 Å². The predicted octanol–water partition coefficient (Wildman–Crippen LogP) is 1.78. The zero-order valence-electron chi connectivity index (χ0n) is 10.2. The average molecular weight is 278 g/mol. The van der Waals surface area contributed by atoms with Crippen molar-refractivity contribution >= 4 is 34.9 Å². The molecule has 0 bridgehead atoms. The summed E-state index contributed by atoms with van der Waals surface area (Å²) in [6.07, 6.45) is -1.17. The van der Waals surface area contributed by atoms with Crippen LogP contribution in [0.5, 0.6) is 0 Å². The molecule has 1 aliphatic heterocycles. The number of nitrogens with zero attached hydrogens (tertiary/aromatic N) is 2. The van der Waals surface area contributed by atoms with E-state index in [9.17, 15) is 10.1 Å². The van der Waals surface area contributed by atoms with E-state index in [4.69, 9.17) is 10.8 Å². The number of rotatable bonds is 2. The van der Waals surface area contributed by atoms with Gasteiger partial charge in [-0.25, -0.2) is 4.79 Å². The van der Waals surface area contributed by atoms with Crippen LogP contribution in [-0.4, -0.2) is 35.8 Å². The molecule has 0 spiro atoms. The summed E-state index contributed by atoms with van der Waals surface area (Å²) in [6, 6.07) is 5.26. The molecule has 1 heterocycles. The maximum atomic E-state index is 10.7. The fraction of sp³-hybridized carbons (Fsp3) is 0.333. The van der Waals surface area contributed by atoms with Crippen molar-refractivity contribution < 1.29 is 9.90 Å². The van der Waals surface area contributed by atoms with E-state index in [1.54, 1.807) is 6.07 Å². The lowest BCUT2D eigenvalue weighted by Gasteiger charge is -2.29. The molecule has 7 heteroatoms. The molecule has 1 saturated heterocycles. The van der Waals surface area contributed by atoms with Crippen molar-refractivity contribution in [1.82, 2.24) is 0 Å². The van der Waals surface area contributed by atoms with Crippen molar-refractivity contribution in [2.24, 2.45) is 0 Å². The number of carboxylic acid groups (broad SMARTS) is 1. The van der Waals surface area contributed by atoms with Crippen LogP contribution in [0, 0.1) is 11.3 Å². The van der Waals surface area contributed by atoms with E-state index in [1.807, 2.05) is 11.8 Å². The Morgan fingerprint density at radius 1 is 1.47 bits per heavy atom. The van der Waals surface area contributed by atoms with Crippen LogP contribution >= 0.6 is 11.8 Å². The Morgan fingerprint density at radius 2 is 2.16 bits per heavy atom. The van der Waals surface area contributed by atoms with Crippen molar-refractivity contribution in [2.45, 2.75) is 0 Å². The lowest BCUT2D eigenvalue weighted by atomic mass is 10.1. The van der Waals surface area contributed by atoms with Crippen LogP contribution in [0.1, 0.15) is 5.56 Å². The molecule has 0 aromatic heterocycles. The summed E-state index contributed by atoms with van der Waals surface area (Å²) in [5.41, 5.74) is 7.53. The molecule has 1 aromatic rings. The van der Waals surface area contributed by atoms with Gasteiger partial charge in [0.15, 0.2) is 0 Å². The topological polar surface area (TPSA) is 102 Å². The minimum Gasteiger partial charge on any atom is -0.465 e. The molecular formula is C12H14N4O2S. The number of carbonyl (C=O) groups is 1. The Kier molecular flexibility index (Phi) is 4.02. The Labute approximate surface area is 115 Å². The summed E-state index contributed by atoms with van der Waals surface area (Å²) in [5, 5.41) is 20.2. The van der Waals surface area contributed by atoms with E-state index < -0.39 is 6.09 Å². The summed E-state index contributed by atoms with van der Waals surface area (Å²) in [6.45, 7) is 1.69. The summed E-state index contributed by atoms with van der Waals surface area (Å²) in [4.78, 5) is 12.8. The number of amides is 1. The molecule has 0 saturated carbocycles. The van der Waals surface area contributed by atoms with Gasteiger partial charge in [0, 0.05) is 24.6 Å². The molecule has 0 radical (unpaired) electrons. The van der Waals surface area contributed by atoms with Crippen molar-refractivity contribution in [1.29, 1.82) is 5.26 Å². The predicted molar refractivity (Wildman–Crippen MR) is 76.8 cm³/mol. The lowest BCUT2D eigenvalue weighted by Crippen LogP contribution is -2.33. The van der Waals surface area contributed by atoms with E-state index in [0.29, 0.717) is 11.3 Å². The van der Waals surface area contributed by atoms with Crippen molar-refractivity contribution in [3.05, 3.63) is 17.7 Å². The van der Waals surface area contributed by atoms with Crippen LogP contribution in [0.15, 0.2) is 12.1 Å². The lowest BCUT2D eigenvalue weighted by molar-refractivity contribution is 0.210. The Hall–Kier alpha value is -2.07. The van der Waals surface area contributed by atoms with E-state index in [0.717, 1.165) is 30.3 Å². The molecule has 100 valence electrons. The number of benzene rings is 1. The van der Waals surface area contributed by atoms with Crippen molar-refractivity contribution in [3.63, 3.8) is 0 Å². The van der Waals surface area contributed by atoms with Gasteiger partial charge in [0.2, 0.25) is 0 Å². The minimum atomic E-state index is -1.17. The average Bonchev–Trinajstić information content (AvgIpc) is 2.41. The quantitative estimate of drug-likeness (QED) is 0.713. The maximum absolute atomic E-state index is 10.7. The second kappa shape index (κ2) is 5.71. The monoisotopic (exact) mass is 278 g/mol. The SMILES string of the molecule is N#Cc1cc(N)c(NC(=O)O)cc1N1CCSCC1. The zero-order chi connectivity index (χ0) is 13.8. The molecule has 0 atom stereocenters. The number of hydrogen-bond donors (Lipinski definition) is 3. The van der Waals surface area contributed by atoms with E-state index in [1.165, 1.54) is 6.07 Å². The first-order valence-corrected chi connectivity index (χ1v) is 6.93. The van der Waals surface area contributed by atoms with Gasteiger partial charge in [-0.15, -0.1) is 0 Å². The number of hydrogen-bond acceptors (Lipinski definition) is 5. The number of anilines is 3. The molecule has 2 rings (SSSR count). The van der Waals surface area contributed by atoms with Gasteiger partial charge in [-0.2, -0.15) is 17.0 Å². The zero-order valence-corrected chi connectivity index (χ0v) is 11.0. The third kappa shape index (κ3) is 3.03. The van der Waals surface area contributed by atoms with Crippen LogP contribution in [-0.2, 0) is 0 Å².